The first-order chi connectivity index (χ1) is 5.27. The molecule has 0 aromatic carbocycles. The molecule has 0 unspecified atom stereocenters. The Labute approximate surface area is 96.1 Å². The number of unbranched alkanes of at least 4 members (excludes halogenated alkanes) is 1. The SMILES string of the molecule is CCCCOCCOC(C)=O.[NaH]. The fraction of sp³-hybridized carbons (Fsp3) is 0.875. The summed E-state index contributed by atoms with van der Waals surface area (Å²) in [6.45, 7) is 5.15. The van der Waals surface area contributed by atoms with E-state index in [9.17, 15) is 4.79 Å². The van der Waals surface area contributed by atoms with Crippen LogP contribution in [-0.4, -0.2) is 55.3 Å². The molecule has 0 aliphatic heterocycles. The van der Waals surface area contributed by atoms with Gasteiger partial charge in [0.25, 0.3) is 0 Å². The zero-order valence-corrected chi connectivity index (χ0v) is 7.26. The molecule has 68 valence electrons. The third-order valence-electron chi connectivity index (χ3n) is 1.18. The van der Waals surface area contributed by atoms with Crippen LogP contribution in [-0.2, 0) is 14.3 Å². The molecule has 0 heterocycles. The van der Waals surface area contributed by atoms with Crippen LogP contribution in [0.3, 0.4) is 0 Å². The summed E-state index contributed by atoms with van der Waals surface area (Å²) in [5.74, 6) is -0.246. The summed E-state index contributed by atoms with van der Waals surface area (Å²) in [5.41, 5.74) is 0. The fourth-order valence-corrected chi connectivity index (χ4v) is 0.593. The van der Waals surface area contributed by atoms with Crippen molar-refractivity contribution in [3.8, 4) is 0 Å². The van der Waals surface area contributed by atoms with Gasteiger partial charge in [0.05, 0.1) is 6.61 Å². The van der Waals surface area contributed by atoms with Crippen molar-refractivity contribution in [1.82, 2.24) is 0 Å². The Morgan fingerprint density at radius 2 is 1.92 bits per heavy atom. The Kier molecular flexibility index (Phi) is 14.2. The van der Waals surface area contributed by atoms with E-state index in [0.717, 1.165) is 19.4 Å². The Balaban J connectivity index is 0. The van der Waals surface area contributed by atoms with Crippen LogP contribution in [0, 0.1) is 0 Å². The van der Waals surface area contributed by atoms with Gasteiger partial charge in [0.1, 0.15) is 6.61 Å². The van der Waals surface area contributed by atoms with Gasteiger partial charge in [-0.2, -0.15) is 0 Å². The van der Waals surface area contributed by atoms with Crippen LogP contribution in [0.2, 0.25) is 0 Å². The van der Waals surface area contributed by atoms with Gasteiger partial charge in [0.15, 0.2) is 0 Å². The summed E-state index contributed by atoms with van der Waals surface area (Å²) in [5, 5.41) is 0. The van der Waals surface area contributed by atoms with Crippen LogP contribution < -0.4 is 0 Å². The zero-order chi connectivity index (χ0) is 8.53. The van der Waals surface area contributed by atoms with E-state index in [4.69, 9.17) is 4.74 Å². The van der Waals surface area contributed by atoms with Gasteiger partial charge < -0.3 is 9.47 Å². The third-order valence-corrected chi connectivity index (χ3v) is 1.18. The predicted molar refractivity (Wildman–Crippen MR) is 49.5 cm³/mol. The minimum atomic E-state index is -0.246. The summed E-state index contributed by atoms with van der Waals surface area (Å²) in [6.07, 6.45) is 2.20. The molecular weight excluding hydrogens is 167 g/mol. The quantitative estimate of drug-likeness (QED) is 0.346. The number of rotatable bonds is 6. The number of carbonyl (C=O) groups excluding carboxylic acids is 1. The van der Waals surface area contributed by atoms with Crippen molar-refractivity contribution < 1.29 is 14.3 Å². The molecule has 3 nitrogen and oxygen atoms in total. The summed E-state index contributed by atoms with van der Waals surface area (Å²) < 4.78 is 9.81. The number of hydrogen-bond donors (Lipinski definition) is 0. The van der Waals surface area contributed by atoms with Gasteiger partial charge in [-0.3, -0.25) is 4.79 Å². The van der Waals surface area contributed by atoms with Gasteiger partial charge in [0, 0.05) is 13.5 Å². The van der Waals surface area contributed by atoms with E-state index in [1.165, 1.54) is 6.92 Å². The maximum absolute atomic E-state index is 10.3. The molecule has 0 bridgehead atoms. The Hall–Kier alpha value is 0.430. The van der Waals surface area contributed by atoms with E-state index >= 15 is 0 Å². The first-order valence-electron chi connectivity index (χ1n) is 3.98. The molecule has 0 aromatic heterocycles. The number of esters is 1. The van der Waals surface area contributed by atoms with Gasteiger partial charge >= 0.3 is 35.5 Å². The first-order valence-corrected chi connectivity index (χ1v) is 3.98. The molecule has 0 aliphatic carbocycles. The van der Waals surface area contributed by atoms with Crippen LogP contribution >= 0.6 is 0 Å². The van der Waals surface area contributed by atoms with Gasteiger partial charge in [-0.25, -0.2) is 0 Å². The molecule has 0 spiro atoms. The molecule has 0 amide bonds. The number of ether oxygens (including phenoxy) is 2. The van der Waals surface area contributed by atoms with Crippen LogP contribution in [0.1, 0.15) is 26.7 Å². The molecule has 0 N–H and O–H groups in total. The van der Waals surface area contributed by atoms with Crippen LogP contribution in [0.25, 0.3) is 0 Å². The molecule has 0 saturated carbocycles. The van der Waals surface area contributed by atoms with Crippen molar-refractivity contribution in [2.45, 2.75) is 26.7 Å². The third kappa shape index (κ3) is 13.1. The molecule has 0 aromatic rings. The Bertz CT molecular complexity index is 106. The van der Waals surface area contributed by atoms with Crippen molar-refractivity contribution in [2.75, 3.05) is 19.8 Å². The molecular formula is C8H17NaO3. The molecule has 0 radical (unpaired) electrons. The van der Waals surface area contributed by atoms with Gasteiger partial charge in [-0.1, -0.05) is 13.3 Å². The summed E-state index contributed by atoms with van der Waals surface area (Å²) in [6, 6.07) is 0. The van der Waals surface area contributed by atoms with Crippen LogP contribution in [0.15, 0.2) is 0 Å². The molecule has 0 atom stereocenters. The van der Waals surface area contributed by atoms with Crippen molar-refractivity contribution in [1.29, 1.82) is 0 Å². The van der Waals surface area contributed by atoms with Crippen molar-refractivity contribution >= 4 is 35.5 Å². The minimum absolute atomic E-state index is 0. The van der Waals surface area contributed by atoms with Gasteiger partial charge in [0.2, 0.25) is 0 Å². The summed E-state index contributed by atoms with van der Waals surface area (Å²) >= 11 is 0. The van der Waals surface area contributed by atoms with Crippen molar-refractivity contribution in [3.05, 3.63) is 0 Å². The monoisotopic (exact) mass is 184 g/mol. The Morgan fingerprint density at radius 3 is 2.42 bits per heavy atom. The number of hydrogen-bond acceptors (Lipinski definition) is 3. The van der Waals surface area contributed by atoms with E-state index in [1.807, 2.05) is 0 Å². The van der Waals surface area contributed by atoms with Crippen LogP contribution in [0.5, 0.6) is 0 Å². The zero-order valence-electron chi connectivity index (χ0n) is 7.26. The summed E-state index contributed by atoms with van der Waals surface area (Å²) in [4.78, 5) is 10.3. The van der Waals surface area contributed by atoms with Crippen LogP contribution in [0.4, 0.5) is 0 Å². The van der Waals surface area contributed by atoms with E-state index < -0.39 is 0 Å². The average molecular weight is 184 g/mol. The standard InChI is InChI=1S/C8H16O3.Na.H/c1-3-4-5-10-6-7-11-8(2)9;;/h3-7H2,1-2H3;;. The predicted octanol–water partition coefficient (Wildman–Crippen LogP) is 0.718. The van der Waals surface area contributed by atoms with E-state index in [1.54, 1.807) is 0 Å². The number of carbonyl (C=O) groups is 1. The molecule has 4 heteroatoms. The Morgan fingerprint density at radius 1 is 1.25 bits per heavy atom. The van der Waals surface area contributed by atoms with Gasteiger partial charge in [-0.15, -0.1) is 0 Å². The second-order valence-corrected chi connectivity index (χ2v) is 2.31. The normalized spacial score (nSPS) is 8.83. The summed E-state index contributed by atoms with van der Waals surface area (Å²) in [7, 11) is 0. The second kappa shape index (κ2) is 11.4. The molecule has 0 aliphatic rings. The molecule has 0 rings (SSSR count). The topological polar surface area (TPSA) is 35.5 Å². The average Bonchev–Trinajstić information content (AvgIpc) is 1.96. The maximum atomic E-state index is 10.3. The first kappa shape index (κ1) is 14.9. The van der Waals surface area contributed by atoms with Gasteiger partial charge in [-0.05, 0) is 6.42 Å². The van der Waals surface area contributed by atoms with Crippen molar-refractivity contribution in [3.63, 3.8) is 0 Å². The fourth-order valence-electron chi connectivity index (χ4n) is 0.593. The second-order valence-electron chi connectivity index (χ2n) is 2.31. The van der Waals surface area contributed by atoms with Crippen molar-refractivity contribution in [2.24, 2.45) is 0 Å². The molecule has 0 saturated heterocycles. The van der Waals surface area contributed by atoms with E-state index in [2.05, 4.69) is 11.7 Å². The molecule has 0 fully saturated rings. The van der Waals surface area contributed by atoms with E-state index in [0.29, 0.717) is 13.2 Å². The molecule has 12 heavy (non-hydrogen) atoms. The van der Waals surface area contributed by atoms with E-state index in [-0.39, 0.29) is 35.5 Å².